The zero-order chi connectivity index (χ0) is 23.3. The number of fused-ring (bicyclic) bond motifs is 2. The topological polar surface area (TPSA) is 94.7 Å². The predicted molar refractivity (Wildman–Crippen MR) is 120 cm³/mol. The summed E-state index contributed by atoms with van der Waals surface area (Å²) in [5, 5.41) is 12.2. The zero-order valence-electron chi connectivity index (χ0n) is 18.5. The van der Waals surface area contributed by atoms with E-state index in [1.54, 1.807) is 45.0 Å². The number of rotatable bonds is 4. The summed E-state index contributed by atoms with van der Waals surface area (Å²) in [6.07, 6.45) is 0.958. The zero-order valence-corrected chi connectivity index (χ0v) is 18.5. The number of anilines is 1. The Balaban J connectivity index is 1.99. The number of hydrogen-bond acceptors (Lipinski definition) is 5. The number of nitro groups is 1. The summed E-state index contributed by atoms with van der Waals surface area (Å²) in [5.74, 6) is -0.536. The molecule has 0 N–H and O–H groups in total. The molecule has 1 aliphatic heterocycles. The molecule has 2 amide bonds. The van der Waals surface area contributed by atoms with Crippen molar-refractivity contribution in [1.82, 2.24) is 4.57 Å². The number of para-hydroxylation sites is 2. The average Bonchev–Trinajstić information content (AvgIpc) is 3.18. The molecule has 3 aromatic rings. The maximum absolute atomic E-state index is 14.1. The molecular formula is C24H25N3O5. The SMILES string of the molecule is Cn1cc(C2(CC[N+](=O)[O-])C(=O)N(C(=O)OC(C)(C)C)c3ccccc32)c2ccccc21. The van der Waals surface area contributed by atoms with Gasteiger partial charge >= 0.3 is 6.09 Å². The van der Waals surface area contributed by atoms with Crippen LogP contribution >= 0.6 is 0 Å². The van der Waals surface area contributed by atoms with E-state index in [-0.39, 0.29) is 6.42 Å². The van der Waals surface area contributed by atoms with Crippen molar-refractivity contribution >= 4 is 28.6 Å². The van der Waals surface area contributed by atoms with Crippen LogP contribution in [0.5, 0.6) is 0 Å². The summed E-state index contributed by atoms with van der Waals surface area (Å²) in [4.78, 5) is 39.2. The number of amides is 2. The van der Waals surface area contributed by atoms with E-state index < -0.39 is 34.5 Å². The van der Waals surface area contributed by atoms with E-state index in [1.165, 1.54) is 0 Å². The number of nitrogens with zero attached hydrogens (tertiary/aromatic N) is 3. The summed E-state index contributed by atoms with van der Waals surface area (Å²) in [7, 11) is 1.87. The first kappa shape index (κ1) is 21.5. The molecule has 8 heteroatoms. The molecule has 0 bridgehead atoms. The maximum atomic E-state index is 14.1. The molecule has 1 aliphatic rings. The van der Waals surface area contributed by atoms with Gasteiger partial charge in [0.1, 0.15) is 11.0 Å². The minimum absolute atomic E-state index is 0.0802. The molecule has 0 saturated carbocycles. The summed E-state index contributed by atoms with van der Waals surface area (Å²) < 4.78 is 7.42. The number of carbonyl (C=O) groups excluding carboxylic acids is 2. The van der Waals surface area contributed by atoms with Crippen LogP contribution in [-0.2, 0) is 22.0 Å². The lowest BCUT2D eigenvalue weighted by molar-refractivity contribution is -0.481. The lowest BCUT2D eigenvalue weighted by atomic mass is 9.72. The summed E-state index contributed by atoms with van der Waals surface area (Å²) in [6.45, 7) is 4.75. The molecule has 0 saturated heterocycles. The van der Waals surface area contributed by atoms with E-state index >= 15 is 0 Å². The molecule has 2 heterocycles. The molecule has 2 aromatic carbocycles. The Morgan fingerprint density at radius 2 is 1.75 bits per heavy atom. The monoisotopic (exact) mass is 435 g/mol. The van der Waals surface area contributed by atoms with Crippen molar-refractivity contribution in [1.29, 1.82) is 0 Å². The standard InChI is InChI=1S/C24H25N3O5/c1-23(2,3)32-22(29)27-20-12-8-6-10-17(20)24(21(27)28,13-14-26(30)31)18-15-25(4)19-11-7-5-9-16(18)19/h5-12,15H,13-14H2,1-4H3. The van der Waals surface area contributed by atoms with Crippen LogP contribution in [0.25, 0.3) is 10.9 Å². The molecule has 32 heavy (non-hydrogen) atoms. The van der Waals surface area contributed by atoms with Gasteiger partial charge in [0.2, 0.25) is 6.54 Å². The van der Waals surface area contributed by atoms with Crippen molar-refractivity contribution in [2.75, 3.05) is 11.4 Å². The first-order valence-corrected chi connectivity index (χ1v) is 10.4. The molecule has 8 nitrogen and oxygen atoms in total. The number of carbonyl (C=O) groups is 2. The van der Waals surface area contributed by atoms with Gasteiger partial charge in [-0.1, -0.05) is 36.4 Å². The highest BCUT2D eigenvalue weighted by atomic mass is 16.6. The van der Waals surface area contributed by atoms with Gasteiger partial charge in [-0.05, 0) is 44.0 Å². The second kappa shape index (κ2) is 7.47. The smallest absolute Gasteiger partial charge is 0.421 e. The molecule has 1 aromatic heterocycles. The molecule has 0 aliphatic carbocycles. The second-order valence-corrected chi connectivity index (χ2v) is 9.02. The van der Waals surface area contributed by atoms with Crippen LogP contribution in [0.4, 0.5) is 10.5 Å². The summed E-state index contributed by atoms with van der Waals surface area (Å²) in [6, 6.07) is 14.5. The number of hydrogen-bond donors (Lipinski definition) is 0. The molecule has 0 radical (unpaired) electrons. The van der Waals surface area contributed by atoms with Crippen molar-refractivity contribution in [3.8, 4) is 0 Å². The number of ether oxygens (including phenoxy) is 1. The fourth-order valence-electron chi connectivity index (χ4n) is 4.51. The van der Waals surface area contributed by atoms with Crippen molar-refractivity contribution in [3.63, 3.8) is 0 Å². The van der Waals surface area contributed by atoms with Gasteiger partial charge in [-0.2, -0.15) is 0 Å². The number of aryl methyl sites for hydroxylation is 1. The highest BCUT2D eigenvalue weighted by molar-refractivity contribution is 6.23. The van der Waals surface area contributed by atoms with Gasteiger partial charge in [-0.15, -0.1) is 0 Å². The van der Waals surface area contributed by atoms with E-state index in [4.69, 9.17) is 4.74 Å². The average molecular weight is 435 g/mol. The third kappa shape index (κ3) is 3.32. The van der Waals surface area contributed by atoms with Crippen molar-refractivity contribution in [2.24, 2.45) is 7.05 Å². The van der Waals surface area contributed by atoms with E-state index in [1.807, 2.05) is 42.1 Å². The van der Waals surface area contributed by atoms with Crippen LogP contribution in [0.15, 0.2) is 54.7 Å². The lowest BCUT2D eigenvalue weighted by Crippen LogP contribution is -2.46. The summed E-state index contributed by atoms with van der Waals surface area (Å²) >= 11 is 0. The predicted octanol–water partition coefficient (Wildman–Crippen LogP) is 4.41. The van der Waals surface area contributed by atoms with Gasteiger partial charge in [0.15, 0.2) is 0 Å². The first-order chi connectivity index (χ1) is 15.1. The van der Waals surface area contributed by atoms with Crippen LogP contribution in [0, 0.1) is 10.1 Å². The van der Waals surface area contributed by atoms with E-state index in [9.17, 15) is 19.7 Å². The van der Waals surface area contributed by atoms with Crippen molar-refractivity contribution < 1.29 is 19.2 Å². The van der Waals surface area contributed by atoms with Gasteiger partial charge in [-0.3, -0.25) is 14.9 Å². The van der Waals surface area contributed by atoms with Gasteiger partial charge < -0.3 is 9.30 Å². The highest BCUT2D eigenvalue weighted by Crippen LogP contribution is 2.50. The lowest BCUT2D eigenvalue weighted by Gasteiger charge is -2.28. The van der Waals surface area contributed by atoms with Crippen molar-refractivity contribution in [3.05, 3.63) is 76.0 Å². The Bertz CT molecular complexity index is 1240. The Hall–Kier alpha value is -3.68. The first-order valence-electron chi connectivity index (χ1n) is 10.4. The van der Waals surface area contributed by atoms with Gasteiger partial charge in [0, 0.05) is 35.5 Å². The van der Waals surface area contributed by atoms with Crippen LogP contribution in [-0.4, -0.2) is 33.6 Å². The highest BCUT2D eigenvalue weighted by Gasteiger charge is 2.56. The van der Waals surface area contributed by atoms with E-state index in [0.717, 1.165) is 15.8 Å². The molecule has 0 spiro atoms. The minimum Gasteiger partial charge on any atom is -0.443 e. The minimum atomic E-state index is -1.39. The van der Waals surface area contributed by atoms with Gasteiger partial charge in [-0.25, -0.2) is 9.69 Å². The Morgan fingerprint density at radius 3 is 2.44 bits per heavy atom. The maximum Gasteiger partial charge on any atom is 0.421 e. The van der Waals surface area contributed by atoms with E-state index in [2.05, 4.69) is 0 Å². The number of benzene rings is 2. The van der Waals surface area contributed by atoms with E-state index in [0.29, 0.717) is 16.8 Å². The Morgan fingerprint density at radius 1 is 1.09 bits per heavy atom. The van der Waals surface area contributed by atoms with Gasteiger partial charge in [0.05, 0.1) is 5.69 Å². The quantitative estimate of drug-likeness (QED) is 0.447. The van der Waals surface area contributed by atoms with Crippen LogP contribution in [0.2, 0.25) is 0 Å². The van der Waals surface area contributed by atoms with Crippen molar-refractivity contribution in [2.45, 2.75) is 38.2 Å². The Labute approximate surface area is 185 Å². The van der Waals surface area contributed by atoms with Crippen LogP contribution in [0.3, 0.4) is 0 Å². The number of imide groups is 1. The molecular weight excluding hydrogens is 410 g/mol. The molecule has 0 fully saturated rings. The Kier molecular flexibility index (Phi) is 5.03. The third-order valence-electron chi connectivity index (χ3n) is 5.78. The van der Waals surface area contributed by atoms with Crippen LogP contribution in [0.1, 0.15) is 38.3 Å². The normalized spacial score (nSPS) is 18.1. The molecule has 1 atom stereocenters. The van der Waals surface area contributed by atoms with Crippen LogP contribution < -0.4 is 4.90 Å². The van der Waals surface area contributed by atoms with Gasteiger partial charge in [0.25, 0.3) is 5.91 Å². The third-order valence-corrected chi connectivity index (χ3v) is 5.78. The second-order valence-electron chi connectivity index (χ2n) is 9.02. The largest absolute Gasteiger partial charge is 0.443 e. The summed E-state index contributed by atoms with van der Waals surface area (Å²) in [5.41, 5.74) is 0.293. The molecule has 1 unspecified atom stereocenters. The number of aromatic nitrogens is 1. The fourth-order valence-corrected chi connectivity index (χ4v) is 4.51. The molecule has 166 valence electrons. The fraction of sp³-hybridized carbons (Fsp3) is 0.333. The molecule has 4 rings (SSSR count).